The number of amides is 1. The predicted molar refractivity (Wildman–Crippen MR) is 77.8 cm³/mol. The monoisotopic (exact) mass is 273 g/mol. The van der Waals surface area contributed by atoms with Gasteiger partial charge in [0, 0.05) is 13.6 Å². The molecule has 1 aromatic carbocycles. The van der Waals surface area contributed by atoms with Gasteiger partial charge in [0.05, 0.1) is 11.0 Å². The van der Waals surface area contributed by atoms with Gasteiger partial charge in [-0.3, -0.25) is 13.9 Å². The molecule has 2 heterocycles. The molecule has 1 saturated heterocycles. The number of hydrogen-bond donors (Lipinski definition) is 1. The maximum atomic E-state index is 12.5. The Bertz CT molecular complexity index is 727. The number of imidazole rings is 1. The molecule has 5 heteroatoms. The van der Waals surface area contributed by atoms with E-state index in [4.69, 9.17) is 0 Å². The van der Waals surface area contributed by atoms with Crippen molar-refractivity contribution in [2.24, 2.45) is 7.05 Å². The normalized spacial score (nSPS) is 19.9. The molecule has 0 radical (unpaired) electrons. The van der Waals surface area contributed by atoms with Crippen molar-refractivity contribution in [2.75, 3.05) is 6.54 Å². The Labute approximate surface area is 117 Å². The fourth-order valence-corrected chi connectivity index (χ4v) is 2.94. The van der Waals surface area contributed by atoms with Crippen LogP contribution in [0.2, 0.25) is 0 Å². The summed E-state index contributed by atoms with van der Waals surface area (Å²) in [5, 5.41) is 2.90. The van der Waals surface area contributed by atoms with Crippen LogP contribution in [0.1, 0.15) is 30.9 Å². The Hall–Kier alpha value is -2.04. The molecule has 0 spiro atoms. The third-order valence-electron chi connectivity index (χ3n) is 4.06. The number of rotatable bonds is 1. The van der Waals surface area contributed by atoms with Gasteiger partial charge in [-0.2, -0.15) is 0 Å². The maximum absolute atomic E-state index is 12.5. The largest absolute Gasteiger partial charge is 0.354 e. The minimum absolute atomic E-state index is 0.0438. The van der Waals surface area contributed by atoms with Gasteiger partial charge in [-0.25, -0.2) is 4.79 Å². The molecular formula is C15H19N3O2. The van der Waals surface area contributed by atoms with Crippen molar-refractivity contribution < 1.29 is 4.79 Å². The van der Waals surface area contributed by atoms with Gasteiger partial charge in [0.1, 0.15) is 6.04 Å². The van der Waals surface area contributed by atoms with E-state index in [2.05, 4.69) is 5.32 Å². The Morgan fingerprint density at radius 1 is 1.20 bits per heavy atom. The predicted octanol–water partition coefficient (Wildman–Crippen LogP) is 1.49. The third-order valence-corrected chi connectivity index (χ3v) is 4.06. The first-order chi connectivity index (χ1) is 9.59. The standard InChI is InChI=1S/C15H19N3O2/c1-10-6-7-11-13(9-10)17(2)15(20)18(11)12-5-3-4-8-16-14(12)19/h6-7,9,12H,3-5,8H2,1-2H3,(H,16,19). The highest BCUT2D eigenvalue weighted by molar-refractivity contribution is 5.84. The molecule has 20 heavy (non-hydrogen) atoms. The van der Waals surface area contributed by atoms with E-state index < -0.39 is 6.04 Å². The Kier molecular flexibility index (Phi) is 3.12. The quantitative estimate of drug-likeness (QED) is 0.856. The van der Waals surface area contributed by atoms with Gasteiger partial charge in [0.2, 0.25) is 5.91 Å². The third kappa shape index (κ3) is 1.94. The fourth-order valence-electron chi connectivity index (χ4n) is 2.94. The van der Waals surface area contributed by atoms with Crippen LogP contribution in [0.5, 0.6) is 0 Å². The Morgan fingerprint density at radius 2 is 2.00 bits per heavy atom. The van der Waals surface area contributed by atoms with Crippen LogP contribution in [0.25, 0.3) is 11.0 Å². The number of aromatic nitrogens is 2. The van der Waals surface area contributed by atoms with Gasteiger partial charge in [-0.05, 0) is 43.9 Å². The summed E-state index contributed by atoms with van der Waals surface area (Å²) in [7, 11) is 1.76. The number of benzene rings is 1. The van der Waals surface area contributed by atoms with Crippen LogP contribution in [0.3, 0.4) is 0 Å². The van der Waals surface area contributed by atoms with Crippen molar-refractivity contribution in [3.8, 4) is 0 Å². The van der Waals surface area contributed by atoms with Crippen molar-refractivity contribution in [3.05, 3.63) is 34.2 Å². The summed E-state index contributed by atoms with van der Waals surface area (Å²) in [5.41, 5.74) is 2.71. The lowest BCUT2D eigenvalue weighted by Gasteiger charge is -2.14. The van der Waals surface area contributed by atoms with Crippen molar-refractivity contribution in [2.45, 2.75) is 32.2 Å². The molecule has 1 amide bonds. The van der Waals surface area contributed by atoms with Gasteiger partial charge in [0.15, 0.2) is 0 Å². The van der Waals surface area contributed by atoms with Crippen LogP contribution in [-0.2, 0) is 11.8 Å². The summed E-state index contributed by atoms with van der Waals surface area (Å²) < 4.78 is 3.27. The van der Waals surface area contributed by atoms with E-state index in [-0.39, 0.29) is 11.6 Å². The zero-order chi connectivity index (χ0) is 14.3. The van der Waals surface area contributed by atoms with Crippen molar-refractivity contribution in [1.82, 2.24) is 14.5 Å². The van der Waals surface area contributed by atoms with E-state index in [1.165, 1.54) is 0 Å². The molecular weight excluding hydrogens is 254 g/mol. The van der Waals surface area contributed by atoms with E-state index in [0.29, 0.717) is 6.54 Å². The summed E-state index contributed by atoms with van der Waals surface area (Å²) >= 11 is 0. The zero-order valence-electron chi connectivity index (χ0n) is 11.8. The zero-order valence-corrected chi connectivity index (χ0v) is 11.8. The SMILES string of the molecule is Cc1ccc2c(c1)n(C)c(=O)n2C1CCCCNC1=O. The highest BCUT2D eigenvalue weighted by atomic mass is 16.2. The van der Waals surface area contributed by atoms with Crippen molar-refractivity contribution in [1.29, 1.82) is 0 Å². The van der Waals surface area contributed by atoms with E-state index in [1.54, 1.807) is 16.2 Å². The van der Waals surface area contributed by atoms with Crippen LogP contribution in [-0.4, -0.2) is 21.6 Å². The van der Waals surface area contributed by atoms with E-state index in [1.807, 2.05) is 25.1 Å². The Balaban J connectivity index is 2.22. The smallest absolute Gasteiger partial charge is 0.329 e. The van der Waals surface area contributed by atoms with Gasteiger partial charge in [0.25, 0.3) is 0 Å². The molecule has 1 fully saturated rings. The minimum atomic E-state index is -0.392. The van der Waals surface area contributed by atoms with E-state index in [0.717, 1.165) is 35.9 Å². The first-order valence-corrected chi connectivity index (χ1v) is 7.05. The van der Waals surface area contributed by atoms with Crippen LogP contribution in [0, 0.1) is 6.92 Å². The second-order valence-corrected chi connectivity index (χ2v) is 5.51. The molecule has 0 aliphatic carbocycles. The number of aryl methyl sites for hydroxylation is 2. The molecule has 1 aliphatic heterocycles. The molecule has 0 bridgehead atoms. The van der Waals surface area contributed by atoms with Crippen molar-refractivity contribution in [3.63, 3.8) is 0 Å². The van der Waals surface area contributed by atoms with Crippen LogP contribution >= 0.6 is 0 Å². The summed E-state index contributed by atoms with van der Waals surface area (Å²) in [6.07, 6.45) is 2.65. The van der Waals surface area contributed by atoms with Gasteiger partial charge in [-0.15, -0.1) is 0 Å². The first kappa shape index (κ1) is 13.0. The van der Waals surface area contributed by atoms with Crippen LogP contribution in [0.15, 0.2) is 23.0 Å². The highest BCUT2D eigenvalue weighted by Crippen LogP contribution is 2.23. The fraction of sp³-hybridized carbons (Fsp3) is 0.467. The van der Waals surface area contributed by atoms with Crippen molar-refractivity contribution >= 4 is 16.9 Å². The lowest BCUT2D eigenvalue weighted by Crippen LogP contribution is -2.36. The summed E-state index contributed by atoms with van der Waals surface area (Å²) in [6, 6.07) is 5.51. The Morgan fingerprint density at radius 3 is 2.80 bits per heavy atom. The van der Waals surface area contributed by atoms with E-state index >= 15 is 0 Å². The second kappa shape index (κ2) is 4.81. The molecule has 2 aromatic rings. The number of nitrogens with zero attached hydrogens (tertiary/aromatic N) is 2. The number of fused-ring (bicyclic) bond motifs is 1. The molecule has 106 valence electrons. The van der Waals surface area contributed by atoms with Gasteiger partial charge in [-0.1, -0.05) is 6.07 Å². The summed E-state index contributed by atoms with van der Waals surface area (Å²) in [6.45, 7) is 2.70. The molecule has 1 atom stereocenters. The van der Waals surface area contributed by atoms with Gasteiger partial charge >= 0.3 is 5.69 Å². The molecule has 0 saturated carbocycles. The number of carbonyl (C=O) groups is 1. The molecule has 5 nitrogen and oxygen atoms in total. The number of carbonyl (C=O) groups excluding carboxylic acids is 1. The van der Waals surface area contributed by atoms with Crippen LogP contribution < -0.4 is 11.0 Å². The molecule has 3 rings (SSSR count). The second-order valence-electron chi connectivity index (χ2n) is 5.51. The average Bonchev–Trinajstić information content (AvgIpc) is 2.58. The highest BCUT2D eigenvalue weighted by Gasteiger charge is 2.26. The average molecular weight is 273 g/mol. The maximum Gasteiger partial charge on any atom is 0.329 e. The molecule has 1 unspecified atom stereocenters. The number of hydrogen-bond acceptors (Lipinski definition) is 2. The lowest BCUT2D eigenvalue weighted by molar-refractivity contribution is -0.124. The summed E-state index contributed by atoms with van der Waals surface area (Å²) in [4.78, 5) is 24.7. The summed E-state index contributed by atoms with van der Waals surface area (Å²) in [5.74, 6) is -0.0438. The van der Waals surface area contributed by atoms with E-state index in [9.17, 15) is 9.59 Å². The first-order valence-electron chi connectivity index (χ1n) is 7.05. The van der Waals surface area contributed by atoms with Crippen LogP contribution in [0.4, 0.5) is 0 Å². The lowest BCUT2D eigenvalue weighted by atomic mass is 10.1. The number of nitrogens with one attached hydrogen (secondary N) is 1. The minimum Gasteiger partial charge on any atom is -0.354 e. The molecule has 1 aromatic heterocycles. The molecule has 1 N–H and O–H groups in total. The van der Waals surface area contributed by atoms with Gasteiger partial charge < -0.3 is 5.32 Å². The molecule has 1 aliphatic rings. The topological polar surface area (TPSA) is 56.0 Å².